The molecule has 0 aromatic heterocycles. The lowest BCUT2D eigenvalue weighted by molar-refractivity contribution is 0.481. The molecule has 0 aliphatic rings. The van der Waals surface area contributed by atoms with Crippen molar-refractivity contribution >= 4 is 23.2 Å². The lowest BCUT2D eigenvalue weighted by Crippen LogP contribution is -2.30. The van der Waals surface area contributed by atoms with Crippen molar-refractivity contribution in [2.45, 2.75) is 12.5 Å². The maximum Gasteiger partial charge on any atom is 0.162 e. The molecule has 0 aliphatic heterocycles. The summed E-state index contributed by atoms with van der Waals surface area (Å²) in [5, 5.41) is 0.943. The van der Waals surface area contributed by atoms with E-state index in [1.807, 2.05) is 0 Å². The topological polar surface area (TPSA) is 38.0 Å². The zero-order chi connectivity index (χ0) is 14.7. The molecule has 2 aromatic rings. The molecule has 0 aliphatic carbocycles. The summed E-state index contributed by atoms with van der Waals surface area (Å²) in [5.41, 5.74) is 3.39. The second-order valence-corrected chi connectivity index (χ2v) is 5.15. The number of nitrogens with one attached hydrogen (secondary N) is 1. The number of rotatable bonds is 4. The van der Waals surface area contributed by atoms with Crippen molar-refractivity contribution in [1.29, 1.82) is 0 Å². The number of hydrogen-bond donors (Lipinski definition) is 2. The Bertz CT molecular complexity index is 620. The summed E-state index contributed by atoms with van der Waals surface area (Å²) in [6.07, 6.45) is 0.153. The van der Waals surface area contributed by atoms with Gasteiger partial charge in [-0.15, -0.1) is 0 Å². The summed E-state index contributed by atoms with van der Waals surface area (Å²) in [6, 6.07) is 8.46. The average Bonchev–Trinajstić information content (AvgIpc) is 2.43. The molecule has 20 heavy (non-hydrogen) atoms. The number of hydrogen-bond acceptors (Lipinski definition) is 2. The van der Waals surface area contributed by atoms with E-state index in [-0.39, 0.29) is 12.0 Å². The first-order valence-corrected chi connectivity index (χ1v) is 6.62. The highest BCUT2D eigenvalue weighted by molar-refractivity contribution is 6.33. The summed E-state index contributed by atoms with van der Waals surface area (Å²) in [6.45, 7) is 0. The van der Waals surface area contributed by atoms with Gasteiger partial charge in [0.15, 0.2) is 11.6 Å². The van der Waals surface area contributed by atoms with E-state index in [1.165, 1.54) is 12.1 Å². The van der Waals surface area contributed by atoms with Crippen molar-refractivity contribution in [2.24, 2.45) is 5.84 Å². The van der Waals surface area contributed by atoms with Crippen LogP contribution in [-0.2, 0) is 6.42 Å². The molecule has 1 atom stereocenters. The molecule has 2 rings (SSSR count). The summed E-state index contributed by atoms with van der Waals surface area (Å²) >= 11 is 12.0. The molecule has 0 heterocycles. The minimum atomic E-state index is -0.893. The largest absolute Gasteiger partial charge is 0.271 e. The third-order valence-electron chi connectivity index (χ3n) is 2.99. The Balaban J connectivity index is 2.34. The lowest BCUT2D eigenvalue weighted by atomic mass is 9.99. The Hall–Kier alpha value is -1.20. The molecular formula is C14H12Cl2F2N2. The molecule has 6 heteroatoms. The van der Waals surface area contributed by atoms with Crippen LogP contribution < -0.4 is 11.3 Å². The lowest BCUT2D eigenvalue weighted by Gasteiger charge is -2.18. The molecule has 0 radical (unpaired) electrons. The number of halogens is 4. The van der Waals surface area contributed by atoms with E-state index in [9.17, 15) is 8.78 Å². The van der Waals surface area contributed by atoms with Crippen LogP contribution in [0.2, 0.25) is 10.0 Å². The highest BCUT2D eigenvalue weighted by atomic mass is 35.5. The van der Waals surface area contributed by atoms with Gasteiger partial charge in [0.1, 0.15) is 0 Å². The fourth-order valence-corrected chi connectivity index (χ4v) is 2.40. The van der Waals surface area contributed by atoms with Crippen LogP contribution in [0.3, 0.4) is 0 Å². The maximum absolute atomic E-state index is 13.7. The Kier molecular flexibility index (Phi) is 4.94. The van der Waals surface area contributed by atoms with Crippen molar-refractivity contribution in [3.63, 3.8) is 0 Å². The van der Waals surface area contributed by atoms with Crippen LogP contribution >= 0.6 is 23.2 Å². The molecular weight excluding hydrogens is 305 g/mol. The van der Waals surface area contributed by atoms with Crippen LogP contribution in [0.5, 0.6) is 0 Å². The molecule has 0 bridgehead atoms. The van der Waals surface area contributed by atoms with Crippen molar-refractivity contribution in [1.82, 2.24) is 5.43 Å². The third kappa shape index (κ3) is 3.27. The predicted molar refractivity (Wildman–Crippen MR) is 76.6 cm³/mol. The predicted octanol–water partition coefficient (Wildman–Crippen LogP) is 4.02. The van der Waals surface area contributed by atoms with Gasteiger partial charge < -0.3 is 0 Å². The van der Waals surface area contributed by atoms with E-state index in [1.54, 1.807) is 18.2 Å². The SMILES string of the molecule is NNC(Cc1cccc(F)c1F)c1cc(Cl)ccc1Cl. The molecule has 0 amide bonds. The van der Waals surface area contributed by atoms with Crippen molar-refractivity contribution in [3.05, 3.63) is 69.2 Å². The fraction of sp³-hybridized carbons (Fsp3) is 0.143. The van der Waals surface area contributed by atoms with Crippen molar-refractivity contribution in [3.8, 4) is 0 Å². The smallest absolute Gasteiger partial charge is 0.162 e. The van der Waals surface area contributed by atoms with Crippen LogP contribution in [0.1, 0.15) is 17.2 Å². The van der Waals surface area contributed by atoms with Gasteiger partial charge in [0.25, 0.3) is 0 Å². The van der Waals surface area contributed by atoms with E-state index in [4.69, 9.17) is 29.0 Å². The van der Waals surface area contributed by atoms with Gasteiger partial charge in [-0.25, -0.2) is 8.78 Å². The van der Waals surface area contributed by atoms with Gasteiger partial charge in [-0.3, -0.25) is 11.3 Å². The average molecular weight is 317 g/mol. The first-order chi connectivity index (χ1) is 9.52. The first kappa shape index (κ1) is 15.2. The second kappa shape index (κ2) is 6.50. The standard InChI is InChI=1S/C14H12Cl2F2N2/c15-9-4-5-11(16)10(7-9)13(20-19)6-8-2-1-3-12(17)14(8)18/h1-5,7,13,20H,6,19H2. The van der Waals surface area contributed by atoms with Gasteiger partial charge in [-0.2, -0.15) is 0 Å². The highest BCUT2D eigenvalue weighted by Gasteiger charge is 2.17. The van der Waals surface area contributed by atoms with Gasteiger partial charge in [0, 0.05) is 10.0 Å². The molecule has 0 spiro atoms. The first-order valence-electron chi connectivity index (χ1n) is 5.87. The number of hydrazine groups is 1. The van der Waals surface area contributed by atoms with E-state index < -0.39 is 17.7 Å². The molecule has 3 N–H and O–H groups in total. The normalized spacial score (nSPS) is 12.4. The van der Waals surface area contributed by atoms with Gasteiger partial charge in [0.2, 0.25) is 0 Å². The fourth-order valence-electron chi connectivity index (χ4n) is 1.97. The number of benzene rings is 2. The van der Waals surface area contributed by atoms with Crippen molar-refractivity contribution < 1.29 is 8.78 Å². The monoisotopic (exact) mass is 316 g/mol. The van der Waals surface area contributed by atoms with E-state index >= 15 is 0 Å². The molecule has 2 nitrogen and oxygen atoms in total. The van der Waals surface area contributed by atoms with Crippen LogP contribution in [0.15, 0.2) is 36.4 Å². The minimum Gasteiger partial charge on any atom is -0.271 e. The quantitative estimate of drug-likeness (QED) is 0.660. The second-order valence-electron chi connectivity index (χ2n) is 4.30. The Morgan fingerprint density at radius 3 is 2.60 bits per heavy atom. The van der Waals surface area contributed by atoms with Gasteiger partial charge in [-0.1, -0.05) is 35.3 Å². The van der Waals surface area contributed by atoms with Crippen LogP contribution in [0.4, 0.5) is 8.78 Å². The minimum absolute atomic E-state index is 0.153. The third-order valence-corrected chi connectivity index (χ3v) is 3.57. The van der Waals surface area contributed by atoms with Gasteiger partial charge >= 0.3 is 0 Å². The Labute approximate surface area is 125 Å². The van der Waals surface area contributed by atoms with Crippen LogP contribution in [0.25, 0.3) is 0 Å². The summed E-state index contributed by atoms with van der Waals surface area (Å²) in [4.78, 5) is 0. The summed E-state index contributed by atoms with van der Waals surface area (Å²) < 4.78 is 26.9. The molecule has 1 unspecified atom stereocenters. The summed E-state index contributed by atoms with van der Waals surface area (Å²) in [7, 11) is 0. The molecule has 106 valence electrons. The molecule has 0 fully saturated rings. The van der Waals surface area contributed by atoms with Crippen LogP contribution in [0, 0.1) is 11.6 Å². The van der Waals surface area contributed by atoms with Gasteiger partial charge in [-0.05, 0) is 41.8 Å². The maximum atomic E-state index is 13.7. The summed E-state index contributed by atoms with van der Waals surface area (Å²) in [5.74, 6) is 3.72. The Morgan fingerprint density at radius 2 is 1.90 bits per heavy atom. The highest BCUT2D eigenvalue weighted by Crippen LogP contribution is 2.29. The van der Waals surface area contributed by atoms with Crippen molar-refractivity contribution in [2.75, 3.05) is 0 Å². The van der Waals surface area contributed by atoms with E-state index in [2.05, 4.69) is 5.43 Å². The van der Waals surface area contributed by atoms with E-state index in [0.717, 1.165) is 6.07 Å². The zero-order valence-corrected chi connectivity index (χ0v) is 11.8. The molecule has 0 saturated heterocycles. The van der Waals surface area contributed by atoms with E-state index in [0.29, 0.717) is 15.6 Å². The molecule has 0 saturated carbocycles. The van der Waals surface area contributed by atoms with Gasteiger partial charge in [0.05, 0.1) is 6.04 Å². The van der Waals surface area contributed by atoms with Crippen LogP contribution in [-0.4, -0.2) is 0 Å². The zero-order valence-electron chi connectivity index (χ0n) is 10.3. The molecule has 2 aromatic carbocycles. The number of nitrogens with two attached hydrogens (primary N) is 1. The Morgan fingerprint density at radius 1 is 1.15 bits per heavy atom.